The highest BCUT2D eigenvalue weighted by atomic mass is 32.1. The van der Waals surface area contributed by atoms with Crippen LogP contribution in [-0.4, -0.2) is 20.9 Å². The molecular weight excluding hydrogens is 306 g/mol. The first-order chi connectivity index (χ1) is 11.0. The maximum absolute atomic E-state index is 11.6. The Morgan fingerprint density at radius 2 is 1.91 bits per heavy atom. The van der Waals surface area contributed by atoms with Crippen molar-refractivity contribution in [2.75, 3.05) is 0 Å². The number of nitrogens with zero attached hydrogens (tertiary/aromatic N) is 3. The van der Waals surface area contributed by atoms with Gasteiger partial charge in [0.25, 0.3) is 0 Å². The van der Waals surface area contributed by atoms with Crippen LogP contribution in [-0.2, 0) is 5.41 Å². The standard InChI is InChI=1S/C18H19N3OS/c1-18(2,3)13-8-6-11(7-9-13)15-14(10-22)21-17(19-15)23-16(20-21)12-4-5-12/h6-10,12H,4-5H2,1-3H3. The minimum absolute atomic E-state index is 0.112. The molecule has 0 aliphatic heterocycles. The summed E-state index contributed by atoms with van der Waals surface area (Å²) in [5.74, 6) is 0.579. The zero-order chi connectivity index (χ0) is 16.2. The van der Waals surface area contributed by atoms with Crippen LogP contribution in [0.15, 0.2) is 24.3 Å². The lowest BCUT2D eigenvalue weighted by Gasteiger charge is -2.18. The van der Waals surface area contributed by atoms with Crippen molar-refractivity contribution in [1.29, 1.82) is 0 Å². The van der Waals surface area contributed by atoms with Gasteiger partial charge in [-0.3, -0.25) is 4.79 Å². The summed E-state index contributed by atoms with van der Waals surface area (Å²) in [4.78, 5) is 17.1. The van der Waals surface area contributed by atoms with Crippen LogP contribution in [0.1, 0.15) is 60.6 Å². The van der Waals surface area contributed by atoms with Gasteiger partial charge in [-0.05, 0) is 23.8 Å². The summed E-state index contributed by atoms with van der Waals surface area (Å²) in [6.45, 7) is 6.57. The molecule has 0 radical (unpaired) electrons. The molecule has 4 rings (SSSR count). The highest BCUT2D eigenvalue weighted by Crippen LogP contribution is 2.42. The van der Waals surface area contributed by atoms with Gasteiger partial charge in [0.1, 0.15) is 16.4 Å². The lowest BCUT2D eigenvalue weighted by molar-refractivity contribution is 0.111. The van der Waals surface area contributed by atoms with Crippen molar-refractivity contribution in [3.8, 4) is 11.3 Å². The average molecular weight is 325 g/mol. The molecule has 0 N–H and O–H groups in total. The van der Waals surface area contributed by atoms with Gasteiger partial charge in [-0.25, -0.2) is 4.98 Å². The Bertz CT molecular complexity index is 880. The largest absolute Gasteiger partial charge is 0.296 e. The van der Waals surface area contributed by atoms with Crippen LogP contribution < -0.4 is 0 Å². The Balaban J connectivity index is 1.78. The maximum atomic E-state index is 11.6. The molecule has 1 saturated carbocycles. The smallest absolute Gasteiger partial charge is 0.213 e. The fourth-order valence-electron chi connectivity index (χ4n) is 2.72. The summed E-state index contributed by atoms with van der Waals surface area (Å²) in [7, 11) is 0. The van der Waals surface area contributed by atoms with Crippen LogP contribution in [0.25, 0.3) is 16.2 Å². The molecule has 0 amide bonds. The maximum Gasteiger partial charge on any atom is 0.213 e. The van der Waals surface area contributed by atoms with Gasteiger partial charge in [-0.1, -0.05) is 56.4 Å². The number of carbonyl (C=O) groups excluding carboxylic acids is 1. The minimum Gasteiger partial charge on any atom is -0.296 e. The van der Waals surface area contributed by atoms with Crippen LogP contribution >= 0.6 is 11.3 Å². The number of fused-ring (bicyclic) bond motifs is 1. The van der Waals surface area contributed by atoms with Crippen molar-refractivity contribution >= 4 is 22.6 Å². The number of aldehydes is 1. The first kappa shape index (κ1) is 14.6. The van der Waals surface area contributed by atoms with Crippen LogP contribution in [0.2, 0.25) is 0 Å². The van der Waals surface area contributed by atoms with Crippen LogP contribution in [0.5, 0.6) is 0 Å². The lowest BCUT2D eigenvalue weighted by Crippen LogP contribution is -2.10. The monoisotopic (exact) mass is 325 g/mol. The van der Waals surface area contributed by atoms with Crippen molar-refractivity contribution in [3.05, 3.63) is 40.5 Å². The second kappa shape index (κ2) is 4.99. The molecular formula is C18H19N3OS. The molecule has 3 aromatic rings. The van der Waals surface area contributed by atoms with Gasteiger partial charge in [-0.15, -0.1) is 0 Å². The molecule has 1 aliphatic rings. The second-order valence-corrected chi connectivity index (χ2v) is 8.19. The molecule has 2 aromatic heterocycles. The highest BCUT2D eigenvalue weighted by molar-refractivity contribution is 7.16. The molecule has 4 nitrogen and oxygen atoms in total. The third-order valence-corrected chi connectivity index (χ3v) is 5.39. The molecule has 2 heterocycles. The van der Waals surface area contributed by atoms with Gasteiger partial charge in [0.05, 0.1) is 0 Å². The van der Waals surface area contributed by atoms with Gasteiger partial charge in [0.15, 0.2) is 6.29 Å². The molecule has 5 heteroatoms. The summed E-state index contributed by atoms with van der Waals surface area (Å²) in [5, 5.41) is 5.69. The van der Waals surface area contributed by atoms with E-state index in [1.807, 2.05) is 12.1 Å². The Hall–Kier alpha value is -2.01. The molecule has 0 spiro atoms. The predicted octanol–water partition coefficient (Wildman–Crippen LogP) is 4.45. The van der Waals surface area contributed by atoms with Gasteiger partial charge in [0.2, 0.25) is 4.96 Å². The lowest BCUT2D eigenvalue weighted by atomic mass is 9.86. The summed E-state index contributed by atoms with van der Waals surface area (Å²) >= 11 is 1.60. The number of hydrogen-bond donors (Lipinski definition) is 0. The van der Waals surface area contributed by atoms with E-state index in [9.17, 15) is 4.79 Å². The predicted molar refractivity (Wildman–Crippen MR) is 92.4 cm³/mol. The Kier molecular flexibility index (Phi) is 3.17. The number of aromatic nitrogens is 3. The van der Waals surface area contributed by atoms with Crippen molar-refractivity contribution in [2.24, 2.45) is 0 Å². The number of imidazole rings is 1. The number of benzene rings is 1. The fourth-order valence-corrected chi connectivity index (χ4v) is 3.79. The van der Waals surface area contributed by atoms with Crippen LogP contribution in [0.4, 0.5) is 0 Å². The third kappa shape index (κ3) is 2.49. The van der Waals surface area contributed by atoms with Crippen molar-refractivity contribution in [2.45, 2.75) is 44.9 Å². The van der Waals surface area contributed by atoms with Crippen molar-refractivity contribution in [1.82, 2.24) is 14.6 Å². The van der Waals surface area contributed by atoms with E-state index in [1.165, 1.54) is 18.4 Å². The highest BCUT2D eigenvalue weighted by Gasteiger charge is 2.29. The van der Waals surface area contributed by atoms with Gasteiger partial charge in [0, 0.05) is 11.5 Å². The zero-order valence-electron chi connectivity index (χ0n) is 13.5. The number of hydrogen-bond acceptors (Lipinski definition) is 4. The zero-order valence-corrected chi connectivity index (χ0v) is 14.4. The molecule has 23 heavy (non-hydrogen) atoms. The molecule has 0 bridgehead atoms. The third-order valence-electron chi connectivity index (χ3n) is 4.32. The molecule has 0 saturated heterocycles. The van der Waals surface area contributed by atoms with Gasteiger partial charge >= 0.3 is 0 Å². The van der Waals surface area contributed by atoms with E-state index >= 15 is 0 Å². The fraction of sp³-hybridized carbons (Fsp3) is 0.389. The summed E-state index contributed by atoms with van der Waals surface area (Å²) < 4.78 is 1.71. The van der Waals surface area contributed by atoms with E-state index in [0.717, 1.165) is 27.5 Å². The number of carbonyl (C=O) groups is 1. The number of rotatable bonds is 3. The van der Waals surface area contributed by atoms with E-state index in [2.05, 4.69) is 43.0 Å². The average Bonchev–Trinajstić information content (AvgIpc) is 3.19. The van der Waals surface area contributed by atoms with Gasteiger partial charge in [-0.2, -0.15) is 9.61 Å². The minimum atomic E-state index is 0.112. The quantitative estimate of drug-likeness (QED) is 0.669. The van der Waals surface area contributed by atoms with Crippen LogP contribution in [0, 0.1) is 0 Å². The Morgan fingerprint density at radius 3 is 2.48 bits per heavy atom. The Labute approximate surface area is 139 Å². The molecule has 118 valence electrons. The van der Waals surface area contributed by atoms with Crippen molar-refractivity contribution < 1.29 is 4.79 Å². The second-order valence-electron chi connectivity index (χ2n) is 7.20. The summed E-state index contributed by atoms with van der Waals surface area (Å²) in [5.41, 5.74) is 3.62. The topological polar surface area (TPSA) is 47.3 Å². The Morgan fingerprint density at radius 1 is 1.22 bits per heavy atom. The summed E-state index contributed by atoms with van der Waals surface area (Å²) in [6, 6.07) is 8.31. The molecule has 0 atom stereocenters. The molecule has 1 aliphatic carbocycles. The van der Waals surface area contributed by atoms with E-state index in [4.69, 9.17) is 0 Å². The first-order valence-electron chi connectivity index (χ1n) is 7.93. The normalized spacial score (nSPS) is 15.3. The van der Waals surface area contributed by atoms with Crippen LogP contribution in [0.3, 0.4) is 0 Å². The SMILES string of the molecule is CC(C)(C)c1ccc(-c2nc3sc(C4CC4)nn3c2C=O)cc1. The van der Waals surface area contributed by atoms with Gasteiger partial charge < -0.3 is 0 Å². The van der Waals surface area contributed by atoms with Crippen molar-refractivity contribution in [3.63, 3.8) is 0 Å². The van der Waals surface area contributed by atoms with E-state index < -0.39 is 0 Å². The van der Waals surface area contributed by atoms with E-state index in [1.54, 1.807) is 15.9 Å². The first-order valence-corrected chi connectivity index (χ1v) is 8.74. The molecule has 1 aromatic carbocycles. The van der Waals surface area contributed by atoms with E-state index in [0.29, 0.717) is 11.6 Å². The summed E-state index contributed by atoms with van der Waals surface area (Å²) in [6.07, 6.45) is 3.27. The molecule has 0 unspecified atom stereocenters. The molecule has 1 fully saturated rings. The van der Waals surface area contributed by atoms with E-state index in [-0.39, 0.29) is 5.41 Å².